The van der Waals surface area contributed by atoms with Crippen LogP contribution < -0.4 is 5.32 Å². The summed E-state index contributed by atoms with van der Waals surface area (Å²) in [5, 5.41) is 2.70. The molecule has 1 amide bonds. The number of hydrogen-bond acceptors (Lipinski definition) is 2. The smallest absolute Gasteiger partial charge is 0.407 e. The van der Waals surface area contributed by atoms with Crippen LogP contribution in [0.2, 0.25) is 0 Å². The second-order valence-electron chi connectivity index (χ2n) is 6.81. The third-order valence-corrected chi connectivity index (χ3v) is 3.28. The van der Waals surface area contributed by atoms with Crippen LogP contribution in [0.5, 0.6) is 0 Å². The number of carbonyl (C=O) groups excluding carboxylic acids is 1. The minimum Gasteiger partial charge on any atom is -0.444 e. The average molecular weight is 325 g/mol. The van der Waals surface area contributed by atoms with Crippen molar-refractivity contribution in [2.45, 2.75) is 52.7 Å². The van der Waals surface area contributed by atoms with Crippen LogP contribution in [-0.2, 0) is 4.74 Å². The normalized spacial score (nSPS) is 12.7. The predicted octanol–water partition coefficient (Wildman–Crippen LogP) is 5.23. The zero-order valence-electron chi connectivity index (χ0n) is 14.3. The Balaban J connectivity index is 2.90. The molecule has 0 spiro atoms. The maximum absolute atomic E-state index is 13.4. The van der Waals surface area contributed by atoms with Gasteiger partial charge in [-0.3, -0.25) is 0 Å². The molecule has 1 aromatic carbocycles. The van der Waals surface area contributed by atoms with E-state index in [4.69, 9.17) is 4.74 Å². The van der Waals surface area contributed by atoms with Crippen molar-refractivity contribution >= 4 is 11.7 Å². The summed E-state index contributed by atoms with van der Waals surface area (Å²) >= 11 is 0. The molecule has 0 saturated carbocycles. The molecule has 0 aliphatic heterocycles. The Morgan fingerprint density at radius 1 is 1.17 bits per heavy atom. The molecule has 5 heteroatoms. The highest BCUT2D eigenvalue weighted by molar-refractivity contribution is 5.70. The van der Waals surface area contributed by atoms with Gasteiger partial charge in [0.1, 0.15) is 5.60 Å². The van der Waals surface area contributed by atoms with E-state index >= 15 is 0 Å². The molecular formula is C18H25F2NO2. The SMILES string of the molecule is CC(C)C(CC(=C(F)F)c1ccccc1)NC(=O)OC(C)(C)C. The van der Waals surface area contributed by atoms with Crippen LogP contribution in [0.3, 0.4) is 0 Å². The fraction of sp³-hybridized carbons (Fsp3) is 0.500. The van der Waals surface area contributed by atoms with Crippen LogP contribution in [0.4, 0.5) is 13.6 Å². The van der Waals surface area contributed by atoms with Crippen LogP contribution in [-0.4, -0.2) is 17.7 Å². The summed E-state index contributed by atoms with van der Waals surface area (Å²) in [6.07, 6.45) is -2.28. The number of halogens is 2. The summed E-state index contributed by atoms with van der Waals surface area (Å²) < 4.78 is 31.9. The maximum atomic E-state index is 13.4. The standard InChI is InChI=1S/C18H25F2NO2/c1-12(2)15(21-17(22)23-18(3,4)5)11-14(16(19)20)13-9-7-6-8-10-13/h6-10,12,15H,11H2,1-5H3,(H,21,22). The van der Waals surface area contributed by atoms with E-state index in [1.54, 1.807) is 51.1 Å². The Kier molecular flexibility index (Phi) is 6.73. The highest BCUT2D eigenvalue weighted by Crippen LogP contribution is 2.27. The molecule has 1 atom stereocenters. The second kappa shape index (κ2) is 8.09. The van der Waals surface area contributed by atoms with Crippen molar-refractivity contribution < 1.29 is 18.3 Å². The molecule has 23 heavy (non-hydrogen) atoms. The van der Waals surface area contributed by atoms with E-state index in [9.17, 15) is 13.6 Å². The first-order chi connectivity index (χ1) is 10.6. The number of amides is 1. The van der Waals surface area contributed by atoms with E-state index in [1.165, 1.54) is 0 Å². The molecule has 1 aromatic rings. The summed E-state index contributed by atoms with van der Waals surface area (Å²) in [6.45, 7) is 9.02. The van der Waals surface area contributed by atoms with Crippen molar-refractivity contribution in [1.29, 1.82) is 0 Å². The molecule has 0 fully saturated rings. The molecule has 128 valence electrons. The Labute approximate surface area is 136 Å². The Bertz CT molecular complexity index is 544. The summed E-state index contributed by atoms with van der Waals surface area (Å²) in [5.41, 5.74) is -0.223. The number of ether oxygens (including phenoxy) is 1. The monoisotopic (exact) mass is 325 g/mol. The van der Waals surface area contributed by atoms with Crippen molar-refractivity contribution in [2.75, 3.05) is 0 Å². The van der Waals surface area contributed by atoms with Crippen molar-refractivity contribution in [3.63, 3.8) is 0 Å². The van der Waals surface area contributed by atoms with Crippen LogP contribution >= 0.6 is 0 Å². The highest BCUT2D eigenvalue weighted by atomic mass is 19.3. The topological polar surface area (TPSA) is 38.3 Å². The molecular weight excluding hydrogens is 300 g/mol. The van der Waals surface area contributed by atoms with Gasteiger partial charge >= 0.3 is 6.09 Å². The molecule has 1 N–H and O–H groups in total. The van der Waals surface area contributed by atoms with Crippen molar-refractivity contribution in [3.8, 4) is 0 Å². The van der Waals surface area contributed by atoms with Gasteiger partial charge in [-0.15, -0.1) is 0 Å². The summed E-state index contributed by atoms with van der Waals surface area (Å²) in [6, 6.07) is 8.03. The number of carbonyl (C=O) groups is 1. The van der Waals surface area contributed by atoms with E-state index < -0.39 is 23.8 Å². The van der Waals surface area contributed by atoms with Gasteiger partial charge < -0.3 is 10.1 Å². The van der Waals surface area contributed by atoms with E-state index in [0.717, 1.165) is 0 Å². The van der Waals surface area contributed by atoms with E-state index in [1.807, 2.05) is 13.8 Å². The van der Waals surface area contributed by atoms with Gasteiger partial charge in [-0.2, -0.15) is 8.78 Å². The number of benzene rings is 1. The number of alkyl carbamates (subject to hydrolysis) is 1. The fourth-order valence-electron chi connectivity index (χ4n) is 2.08. The summed E-state index contributed by atoms with van der Waals surface area (Å²) in [5.74, 6) is -0.0134. The molecule has 0 radical (unpaired) electrons. The minimum atomic E-state index is -1.73. The largest absolute Gasteiger partial charge is 0.444 e. The molecule has 3 nitrogen and oxygen atoms in total. The Hall–Kier alpha value is -1.91. The van der Waals surface area contributed by atoms with E-state index in [0.29, 0.717) is 5.56 Å². The van der Waals surface area contributed by atoms with Crippen LogP contribution in [0, 0.1) is 5.92 Å². The third kappa shape index (κ3) is 6.80. The zero-order chi connectivity index (χ0) is 17.6. The molecule has 0 bridgehead atoms. The summed E-state index contributed by atoms with van der Waals surface area (Å²) in [4.78, 5) is 11.9. The first-order valence-corrected chi connectivity index (χ1v) is 7.69. The number of nitrogens with one attached hydrogen (secondary N) is 1. The van der Waals surface area contributed by atoms with Crippen LogP contribution in [0.15, 0.2) is 36.4 Å². The first-order valence-electron chi connectivity index (χ1n) is 7.69. The first kappa shape index (κ1) is 19.1. The third-order valence-electron chi connectivity index (χ3n) is 3.28. The molecule has 1 unspecified atom stereocenters. The fourth-order valence-corrected chi connectivity index (χ4v) is 2.08. The lowest BCUT2D eigenvalue weighted by atomic mass is 9.93. The molecule has 0 heterocycles. The molecule has 0 saturated heterocycles. The van der Waals surface area contributed by atoms with Gasteiger partial charge in [-0.05, 0) is 38.7 Å². The lowest BCUT2D eigenvalue weighted by molar-refractivity contribution is 0.0491. The average Bonchev–Trinajstić information content (AvgIpc) is 2.41. The Morgan fingerprint density at radius 3 is 2.17 bits per heavy atom. The van der Waals surface area contributed by atoms with E-state index in [-0.39, 0.29) is 17.9 Å². The lowest BCUT2D eigenvalue weighted by Crippen LogP contribution is -2.41. The van der Waals surface area contributed by atoms with Gasteiger partial charge in [0.05, 0.1) is 0 Å². The molecule has 0 aromatic heterocycles. The van der Waals surface area contributed by atoms with Crippen molar-refractivity contribution in [3.05, 3.63) is 42.0 Å². The lowest BCUT2D eigenvalue weighted by Gasteiger charge is -2.26. The minimum absolute atomic E-state index is 0.0134. The second-order valence-corrected chi connectivity index (χ2v) is 6.81. The number of rotatable bonds is 5. The predicted molar refractivity (Wildman–Crippen MR) is 88.2 cm³/mol. The molecule has 0 aliphatic rings. The highest BCUT2D eigenvalue weighted by Gasteiger charge is 2.24. The quantitative estimate of drug-likeness (QED) is 0.804. The molecule has 1 rings (SSSR count). The van der Waals surface area contributed by atoms with Gasteiger partial charge in [0.2, 0.25) is 0 Å². The van der Waals surface area contributed by atoms with E-state index in [2.05, 4.69) is 5.32 Å². The van der Waals surface area contributed by atoms with Gasteiger partial charge in [-0.25, -0.2) is 4.79 Å². The van der Waals surface area contributed by atoms with Gasteiger partial charge in [-0.1, -0.05) is 44.2 Å². The van der Waals surface area contributed by atoms with Gasteiger partial charge in [0.25, 0.3) is 6.08 Å². The van der Waals surface area contributed by atoms with Crippen molar-refractivity contribution in [2.24, 2.45) is 5.92 Å². The summed E-state index contributed by atoms with van der Waals surface area (Å²) in [7, 11) is 0. The van der Waals surface area contributed by atoms with Crippen molar-refractivity contribution in [1.82, 2.24) is 5.32 Å². The van der Waals surface area contributed by atoms with Crippen LogP contribution in [0.1, 0.15) is 46.6 Å². The Morgan fingerprint density at radius 2 is 1.74 bits per heavy atom. The molecule has 0 aliphatic carbocycles. The van der Waals surface area contributed by atoms with Gasteiger partial charge in [0.15, 0.2) is 0 Å². The zero-order valence-corrected chi connectivity index (χ0v) is 14.3. The number of hydrogen-bond donors (Lipinski definition) is 1. The van der Waals surface area contributed by atoms with Crippen LogP contribution in [0.25, 0.3) is 5.57 Å². The van der Waals surface area contributed by atoms with Gasteiger partial charge in [0, 0.05) is 11.6 Å². The maximum Gasteiger partial charge on any atom is 0.407 e.